The molecule has 2 heterocycles. The number of carbonyl (C=O) groups is 3. The third kappa shape index (κ3) is 2.53. The molecule has 0 saturated carbocycles. The first-order valence-electron chi connectivity index (χ1n) is 6.53. The molecule has 1 fully saturated rings. The third-order valence-electron chi connectivity index (χ3n) is 3.82. The molecule has 5 nitrogen and oxygen atoms in total. The van der Waals surface area contributed by atoms with Crippen molar-refractivity contribution < 1.29 is 14.4 Å². The summed E-state index contributed by atoms with van der Waals surface area (Å²) in [5.41, 5.74) is 2.53. The molecule has 1 saturated heterocycles. The predicted octanol–water partition coefficient (Wildman–Crippen LogP) is 2.10. The summed E-state index contributed by atoms with van der Waals surface area (Å²) in [5.74, 6) is -0.810. The zero-order chi connectivity index (χ0) is 15.1. The maximum absolute atomic E-state index is 12.6. The van der Waals surface area contributed by atoms with Crippen LogP contribution in [-0.2, 0) is 21.5 Å². The summed E-state index contributed by atoms with van der Waals surface area (Å²) in [4.78, 5) is 37.3. The number of fused-ring (bicyclic) bond motifs is 1. The molecular formula is C14H12Br2N2O3. The fourth-order valence-corrected chi connectivity index (χ4v) is 3.71. The lowest BCUT2D eigenvalue weighted by atomic mass is 10.0. The van der Waals surface area contributed by atoms with Gasteiger partial charge in [0.15, 0.2) is 0 Å². The van der Waals surface area contributed by atoms with Crippen molar-refractivity contribution in [3.05, 3.63) is 33.3 Å². The van der Waals surface area contributed by atoms with E-state index in [2.05, 4.69) is 37.2 Å². The van der Waals surface area contributed by atoms with Gasteiger partial charge in [-0.15, -0.1) is 0 Å². The van der Waals surface area contributed by atoms with Crippen LogP contribution in [-0.4, -0.2) is 28.7 Å². The Hall–Kier alpha value is -1.21. The summed E-state index contributed by atoms with van der Waals surface area (Å²) < 4.78 is 0.873. The number of hydrogen-bond acceptors (Lipinski definition) is 3. The van der Waals surface area contributed by atoms with Crippen molar-refractivity contribution in [1.29, 1.82) is 0 Å². The van der Waals surface area contributed by atoms with Gasteiger partial charge in [0.05, 0.1) is 0 Å². The molecule has 1 N–H and O–H groups in total. The van der Waals surface area contributed by atoms with Crippen LogP contribution in [0.1, 0.15) is 34.3 Å². The standard InChI is InChI=1S/C14H12Br2N2O3/c15-5-7-3-8-9(10(16)4-7)6-18(14(8)21)11-1-2-12(19)17-13(11)20/h3-4,11H,1-2,5-6H2,(H,17,19,20). The second-order valence-corrected chi connectivity index (χ2v) is 6.55. The van der Waals surface area contributed by atoms with Gasteiger partial charge in [-0.1, -0.05) is 31.9 Å². The van der Waals surface area contributed by atoms with Crippen LogP contribution in [0.3, 0.4) is 0 Å². The molecular weight excluding hydrogens is 404 g/mol. The second-order valence-electron chi connectivity index (χ2n) is 5.14. The van der Waals surface area contributed by atoms with E-state index in [1.165, 1.54) is 0 Å². The van der Waals surface area contributed by atoms with Gasteiger partial charge in [-0.2, -0.15) is 0 Å². The molecule has 1 aromatic carbocycles. The molecule has 110 valence electrons. The summed E-state index contributed by atoms with van der Waals surface area (Å²) in [6.45, 7) is 0.392. The van der Waals surface area contributed by atoms with Crippen molar-refractivity contribution in [2.45, 2.75) is 30.8 Å². The SMILES string of the molecule is O=C1CCC(N2Cc3c(Br)cc(CBr)cc3C2=O)C(=O)N1. The van der Waals surface area contributed by atoms with Crippen molar-refractivity contribution in [2.75, 3.05) is 0 Å². The van der Waals surface area contributed by atoms with E-state index in [0.717, 1.165) is 15.6 Å². The molecule has 0 aromatic heterocycles. The lowest BCUT2D eigenvalue weighted by molar-refractivity contribution is -0.136. The van der Waals surface area contributed by atoms with Crippen LogP contribution in [0.15, 0.2) is 16.6 Å². The topological polar surface area (TPSA) is 66.5 Å². The number of benzene rings is 1. The lowest BCUT2D eigenvalue weighted by Gasteiger charge is -2.29. The highest BCUT2D eigenvalue weighted by molar-refractivity contribution is 9.10. The molecule has 3 amide bonds. The van der Waals surface area contributed by atoms with Gasteiger partial charge in [0.1, 0.15) is 6.04 Å². The minimum absolute atomic E-state index is 0.150. The number of nitrogens with one attached hydrogen (secondary N) is 1. The van der Waals surface area contributed by atoms with Gasteiger partial charge in [0.25, 0.3) is 5.91 Å². The number of imide groups is 1. The Balaban J connectivity index is 1.92. The van der Waals surface area contributed by atoms with Crippen molar-refractivity contribution in [3.63, 3.8) is 0 Å². The first-order chi connectivity index (χ1) is 10.0. The summed E-state index contributed by atoms with van der Waals surface area (Å²) >= 11 is 6.87. The molecule has 0 radical (unpaired) electrons. The highest BCUT2D eigenvalue weighted by Crippen LogP contribution is 2.33. The molecule has 3 rings (SSSR count). The highest BCUT2D eigenvalue weighted by atomic mass is 79.9. The van der Waals surface area contributed by atoms with Crippen molar-refractivity contribution in [2.24, 2.45) is 0 Å². The van der Waals surface area contributed by atoms with Gasteiger partial charge in [-0.3, -0.25) is 19.7 Å². The summed E-state index contributed by atoms with van der Waals surface area (Å²) in [5, 5.41) is 2.96. The van der Waals surface area contributed by atoms with E-state index in [-0.39, 0.29) is 24.1 Å². The minimum atomic E-state index is -0.568. The second kappa shape index (κ2) is 5.53. The fourth-order valence-electron chi connectivity index (χ4n) is 2.75. The maximum Gasteiger partial charge on any atom is 0.255 e. The van der Waals surface area contributed by atoms with Crippen LogP contribution in [0.25, 0.3) is 0 Å². The minimum Gasteiger partial charge on any atom is -0.322 e. The van der Waals surface area contributed by atoms with Gasteiger partial charge < -0.3 is 4.90 Å². The van der Waals surface area contributed by atoms with Crippen molar-refractivity contribution in [3.8, 4) is 0 Å². The Morgan fingerprint density at radius 1 is 1.29 bits per heavy atom. The molecule has 7 heteroatoms. The zero-order valence-electron chi connectivity index (χ0n) is 11.0. The predicted molar refractivity (Wildman–Crippen MR) is 82.8 cm³/mol. The largest absolute Gasteiger partial charge is 0.322 e. The van der Waals surface area contributed by atoms with E-state index >= 15 is 0 Å². The number of halogens is 2. The van der Waals surface area contributed by atoms with E-state index in [9.17, 15) is 14.4 Å². The number of piperidine rings is 1. The van der Waals surface area contributed by atoms with Crippen molar-refractivity contribution >= 4 is 49.6 Å². The number of amides is 3. The molecule has 21 heavy (non-hydrogen) atoms. The number of hydrogen-bond donors (Lipinski definition) is 1. The average molecular weight is 416 g/mol. The maximum atomic E-state index is 12.6. The Morgan fingerprint density at radius 2 is 2.05 bits per heavy atom. The Labute approximate surface area is 138 Å². The normalized spacial score (nSPS) is 21.5. The molecule has 2 aliphatic rings. The van der Waals surface area contributed by atoms with E-state index in [1.54, 1.807) is 4.90 Å². The van der Waals surface area contributed by atoms with E-state index in [0.29, 0.717) is 23.9 Å². The van der Waals surface area contributed by atoms with Crippen LogP contribution in [0.5, 0.6) is 0 Å². The first-order valence-corrected chi connectivity index (χ1v) is 8.44. The quantitative estimate of drug-likeness (QED) is 0.594. The van der Waals surface area contributed by atoms with Gasteiger partial charge in [-0.05, 0) is 29.7 Å². The molecule has 0 aliphatic carbocycles. The van der Waals surface area contributed by atoms with Crippen LogP contribution in [0, 0.1) is 0 Å². The number of rotatable bonds is 2. The molecule has 2 aliphatic heterocycles. The Morgan fingerprint density at radius 3 is 2.71 bits per heavy atom. The van der Waals surface area contributed by atoms with Gasteiger partial charge in [0, 0.05) is 28.3 Å². The molecule has 0 spiro atoms. The molecule has 1 atom stereocenters. The van der Waals surface area contributed by atoms with Gasteiger partial charge in [0.2, 0.25) is 11.8 Å². The van der Waals surface area contributed by atoms with Crippen LogP contribution >= 0.6 is 31.9 Å². The molecule has 1 aromatic rings. The van der Waals surface area contributed by atoms with Crippen LogP contribution < -0.4 is 5.32 Å². The van der Waals surface area contributed by atoms with Crippen molar-refractivity contribution in [1.82, 2.24) is 10.2 Å². The van der Waals surface area contributed by atoms with E-state index < -0.39 is 6.04 Å². The first kappa shape index (κ1) is 14.7. The Bertz CT molecular complexity index is 660. The monoisotopic (exact) mass is 414 g/mol. The number of carbonyl (C=O) groups excluding carboxylic acids is 3. The summed E-state index contributed by atoms with van der Waals surface area (Å²) in [6.07, 6.45) is 0.650. The average Bonchev–Trinajstić information content (AvgIpc) is 2.77. The van der Waals surface area contributed by atoms with Crippen LogP contribution in [0.4, 0.5) is 0 Å². The zero-order valence-corrected chi connectivity index (χ0v) is 14.2. The fraction of sp³-hybridized carbons (Fsp3) is 0.357. The summed E-state index contributed by atoms with van der Waals surface area (Å²) in [6, 6.07) is 3.25. The van der Waals surface area contributed by atoms with E-state index in [4.69, 9.17) is 0 Å². The smallest absolute Gasteiger partial charge is 0.255 e. The lowest BCUT2D eigenvalue weighted by Crippen LogP contribution is -2.52. The highest BCUT2D eigenvalue weighted by Gasteiger charge is 2.39. The van der Waals surface area contributed by atoms with E-state index in [1.807, 2.05) is 12.1 Å². The molecule has 1 unspecified atom stereocenters. The summed E-state index contributed by atoms with van der Waals surface area (Å²) in [7, 11) is 0. The van der Waals surface area contributed by atoms with Gasteiger partial charge in [-0.25, -0.2) is 0 Å². The third-order valence-corrected chi connectivity index (χ3v) is 5.17. The molecule has 0 bridgehead atoms. The van der Waals surface area contributed by atoms with Crippen LogP contribution in [0.2, 0.25) is 0 Å². The number of alkyl halides is 1. The number of nitrogens with zero attached hydrogens (tertiary/aromatic N) is 1. The van der Waals surface area contributed by atoms with Gasteiger partial charge >= 0.3 is 0 Å². The Kier molecular flexibility index (Phi) is 3.88.